The van der Waals surface area contributed by atoms with Crippen LogP contribution >= 0.6 is 11.6 Å². The van der Waals surface area contributed by atoms with Crippen molar-refractivity contribution in [3.63, 3.8) is 0 Å². The summed E-state index contributed by atoms with van der Waals surface area (Å²) in [6.07, 6.45) is 0. The predicted octanol–water partition coefficient (Wildman–Crippen LogP) is 4.39. The van der Waals surface area contributed by atoms with Crippen LogP contribution in [0.15, 0.2) is 29.1 Å². The van der Waals surface area contributed by atoms with Crippen molar-refractivity contribution in [1.29, 1.82) is 5.26 Å². The van der Waals surface area contributed by atoms with E-state index < -0.39 is 69.8 Å². The number of hydrogen-bond donors (Lipinski definition) is 1. The highest BCUT2D eigenvalue weighted by atomic mass is 35.5. The van der Waals surface area contributed by atoms with Crippen molar-refractivity contribution in [2.24, 2.45) is 0 Å². The number of hydrogen-bond acceptors (Lipinski definition) is 5. The fourth-order valence-corrected chi connectivity index (χ4v) is 3.35. The molecule has 0 aliphatic rings. The molecule has 176 valence electrons. The lowest BCUT2D eigenvalue weighted by atomic mass is 10.0. The molecule has 0 amide bonds. The number of Topliss-reactive ketones (excluding diaryl/α,β-unsaturated/α-hetero) is 1. The molecule has 0 aliphatic heterocycles. The summed E-state index contributed by atoms with van der Waals surface area (Å²) in [4.78, 5) is 25.4. The molecule has 0 fully saturated rings. The topological polar surface area (TPSA) is 92.3 Å². The lowest BCUT2D eigenvalue weighted by Crippen LogP contribution is -2.28. The van der Waals surface area contributed by atoms with E-state index in [1.807, 2.05) is 0 Å². The Balaban J connectivity index is 2.05. The van der Waals surface area contributed by atoms with Gasteiger partial charge in [0, 0.05) is 5.02 Å². The predicted molar refractivity (Wildman–Crippen MR) is 108 cm³/mol. The zero-order valence-electron chi connectivity index (χ0n) is 17.1. The SMILES string of the molecule is Cc1c(C(=O)COc2c(F)c(F)c(F)c(F)c2F)c(O)n(Cc2ccccc2Cl)c(=O)c1C#N. The first-order chi connectivity index (χ1) is 16.0. The van der Waals surface area contributed by atoms with E-state index in [9.17, 15) is 41.9 Å². The number of rotatable bonds is 6. The van der Waals surface area contributed by atoms with Gasteiger partial charge in [-0.05, 0) is 24.1 Å². The Hall–Kier alpha value is -3.91. The van der Waals surface area contributed by atoms with Crippen molar-refractivity contribution < 1.29 is 36.6 Å². The Bertz CT molecular complexity index is 1400. The minimum Gasteiger partial charge on any atom is -0.494 e. The van der Waals surface area contributed by atoms with Crippen molar-refractivity contribution in [1.82, 2.24) is 4.57 Å². The number of ketones is 1. The van der Waals surface area contributed by atoms with Gasteiger partial charge in [0.25, 0.3) is 5.56 Å². The first-order valence-electron chi connectivity index (χ1n) is 9.28. The molecular formula is C22H12ClF5N2O4. The van der Waals surface area contributed by atoms with E-state index in [1.54, 1.807) is 18.2 Å². The summed E-state index contributed by atoms with van der Waals surface area (Å²) in [6, 6.07) is 7.83. The fraction of sp³-hybridized carbons (Fsp3) is 0.136. The van der Waals surface area contributed by atoms with Crippen molar-refractivity contribution in [2.75, 3.05) is 6.61 Å². The van der Waals surface area contributed by atoms with Crippen molar-refractivity contribution >= 4 is 17.4 Å². The number of nitrogens with zero attached hydrogens (tertiary/aromatic N) is 2. The largest absolute Gasteiger partial charge is 0.494 e. The van der Waals surface area contributed by atoms with Crippen LogP contribution in [0.3, 0.4) is 0 Å². The second kappa shape index (κ2) is 9.52. The van der Waals surface area contributed by atoms with Crippen LogP contribution in [0.4, 0.5) is 22.0 Å². The normalized spacial score (nSPS) is 10.8. The molecule has 0 spiro atoms. The molecule has 0 aliphatic carbocycles. The van der Waals surface area contributed by atoms with Crippen LogP contribution in [0, 0.1) is 47.3 Å². The molecule has 2 aromatic carbocycles. The van der Waals surface area contributed by atoms with Gasteiger partial charge in [-0.3, -0.25) is 14.2 Å². The zero-order valence-corrected chi connectivity index (χ0v) is 17.8. The van der Waals surface area contributed by atoms with Gasteiger partial charge < -0.3 is 9.84 Å². The monoisotopic (exact) mass is 498 g/mol. The van der Waals surface area contributed by atoms with E-state index in [1.165, 1.54) is 12.1 Å². The van der Waals surface area contributed by atoms with Gasteiger partial charge in [0.05, 0.1) is 12.1 Å². The molecule has 0 saturated heterocycles. The first kappa shape index (κ1) is 24.7. The second-order valence-electron chi connectivity index (χ2n) is 6.90. The van der Waals surface area contributed by atoms with Gasteiger partial charge in [-0.2, -0.15) is 14.0 Å². The van der Waals surface area contributed by atoms with Crippen LogP contribution in [0.2, 0.25) is 5.02 Å². The molecule has 0 unspecified atom stereocenters. The van der Waals surface area contributed by atoms with Crippen molar-refractivity contribution in [2.45, 2.75) is 13.5 Å². The second-order valence-corrected chi connectivity index (χ2v) is 7.31. The number of halogens is 6. The summed E-state index contributed by atoms with van der Waals surface area (Å²) < 4.78 is 72.8. The highest BCUT2D eigenvalue weighted by Gasteiger charge is 2.29. The van der Waals surface area contributed by atoms with Crippen LogP contribution in [0.25, 0.3) is 0 Å². The molecule has 0 bridgehead atoms. The maximum Gasteiger partial charge on any atom is 0.271 e. The number of aromatic nitrogens is 1. The molecule has 1 N–H and O–H groups in total. The molecule has 0 radical (unpaired) electrons. The fourth-order valence-electron chi connectivity index (χ4n) is 3.15. The molecular weight excluding hydrogens is 487 g/mol. The Kier molecular flexibility index (Phi) is 6.93. The number of aromatic hydroxyl groups is 1. The third-order valence-electron chi connectivity index (χ3n) is 4.88. The van der Waals surface area contributed by atoms with E-state index >= 15 is 0 Å². The van der Waals surface area contributed by atoms with Crippen molar-refractivity contribution in [3.05, 3.63) is 91.0 Å². The van der Waals surface area contributed by atoms with Crippen LogP contribution < -0.4 is 10.3 Å². The third kappa shape index (κ3) is 4.20. The summed E-state index contributed by atoms with van der Waals surface area (Å²) in [7, 11) is 0. The Labute approximate surface area is 193 Å². The molecule has 0 saturated carbocycles. The summed E-state index contributed by atoms with van der Waals surface area (Å²) >= 11 is 6.06. The molecule has 6 nitrogen and oxygen atoms in total. The number of ether oxygens (including phenoxy) is 1. The van der Waals surface area contributed by atoms with Gasteiger partial charge in [-0.15, -0.1) is 0 Å². The number of carbonyl (C=O) groups excluding carboxylic acids is 1. The van der Waals surface area contributed by atoms with Gasteiger partial charge >= 0.3 is 0 Å². The molecule has 1 aromatic heterocycles. The molecule has 1 heterocycles. The van der Waals surface area contributed by atoms with E-state index in [0.717, 1.165) is 6.92 Å². The van der Waals surface area contributed by atoms with Crippen LogP contribution in [-0.2, 0) is 6.54 Å². The van der Waals surface area contributed by atoms with Gasteiger partial charge in [0.15, 0.2) is 12.4 Å². The van der Waals surface area contributed by atoms with Gasteiger partial charge in [0.2, 0.25) is 40.7 Å². The molecule has 0 atom stereocenters. The van der Waals surface area contributed by atoms with E-state index in [4.69, 9.17) is 11.6 Å². The highest BCUT2D eigenvalue weighted by molar-refractivity contribution is 6.31. The quantitative estimate of drug-likeness (QED) is 0.235. The Morgan fingerprint density at radius 1 is 1.09 bits per heavy atom. The third-order valence-corrected chi connectivity index (χ3v) is 5.25. The first-order valence-corrected chi connectivity index (χ1v) is 9.66. The average molecular weight is 499 g/mol. The van der Waals surface area contributed by atoms with E-state index in [2.05, 4.69) is 4.74 Å². The maximum absolute atomic E-state index is 13.8. The molecule has 12 heteroatoms. The minimum atomic E-state index is -2.41. The number of pyridine rings is 1. The number of benzene rings is 2. The zero-order chi connectivity index (χ0) is 25.3. The summed E-state index contributed by atoms with van der Waals surface area (Å²) in [5.41, 5.74) is -2.01. The number of nitriles is 1. The Morgan fingerprint density at radius 3 is 2.21 bits per heavy atom. The average Bonchev–Trinajstić information content (AvgIpc) is 2.80. The van der Waals surface area contributed by atoms with Gasteiger partial charge in [-0.1, -0.05) is 29.8 Å². The molecule has 3 rings (SSSR count). The van der Waals surface area contributed by atoms with E-state index in [0.29, 0.717) is 10.1 Å². The highest BCUT2D eigenvalue weighted by Crippen LogP contribution is 2.30. The summed E-state index contributed by atoms with van der Waals surface area (Å²) in [5.74, 6) is -15.4. The summed E-state index contributed by atoms with van der Waals surface area (Å²) in [5, 5.41) is 20.2. The van der Waals surface area contributed by atoms with Gasteiger partial charge in [-0.25, -0.2) is 13.2 Å². The smallest absolute Gasteiger partial charge is 0.271 e. The lowest BCUT2D eigenvalue weighted by molar-refractivity contribution is 0.0908. The molecule has 34 heavy (non-hydrogen) atoms. The minimum absolute atomic E-state index is 0.218. The lowest BCUT2D eigenvalue weighted by Gasteiger charge is -2.16. The van der Waals surface area contributed by atoms with Crippen LogP contribution in [0.1, 0.15) is 27.0 Å². The van der Waals surface area contributed by atoms with Crippen molar-refractivity contribution in [3.8, 4) is 17.7 Å². The number of carbonyl (C=O) groups is 1. The van der Waals surface area contributed by atoms with Crippen LogP contribution in [0.5, 0.6) is 11.6 Å². The maximum atomic E-state index is 13.8. The van der Waals surface area contributed by atoms with Gasteiger partial charge in [0.1, 0.15) is 11.6 Å². The molecule has 3 aromatic rings. The van der Waals surface area contributed by atoms with Crippen LogP contribution in [-0.4, -0.2) is 22.1 Å². The Morgan fingerprint density at radius 2 is 1.65 bits per heavy atom. The van der Waals surface area contributed by atoms with E-state index in [-0.39, 0.29) is 17.1 Å². The summed E-state index contributed by atoms with van der Waals surface area (Å²) in [6.45, 7) is -0.481. The standard InChI is InChI=1S/C22H12ClF5N2O4/c1-9-11(6-29)21(32)30(7-10-4-2-3-5-12(10)23)22(33)14(9)13(31)8-34-20-18(27)16(25)15(24)17(26)19(20)28/h2-5,33H,7-8H2,1H3.